The van der Waals surface area contributed by atoms with Crippen LogP contribution in [-0.2, 0) is 7.05 Å². The van der Waals surface area contributed by atoms with Crippen molar-refractivity contribution in [3.63, 3.8) is 0 Å². The Morgan fingerprint density at radius 1 is 1.20 bits per heavy atom. The summed E-state index contributed by atoms with van der Waals surface area (Å²) >= 11 is 0. The molecular formula is C28H27F2N7O3. The molecule has 6 rings (SSSR count). The minimum Gasteiger partial charge on any atom is -0.477 e. The summed E-state index contributed by atoms with van der Waals surface area (Å²) < 4.78 is 31.8. The first-order valence-electron chi connectivity index (χ1n) is 12.7. The van der Waals surface area contributed by atoms with Gasteiger partial charge in [0.05, 0.1) is 33.1 Å². The lowest BCUT2D eigenvalue weighted by atomic mass is 10.0. The number of aromatic amines is 1. The van der Waals surface area contributed by atoms with Gasteiger partial charge < -0.3 is 29.8 Å². The number of carbonyl (C=O) groups is 1. The van der Waals surface area contributed by atoms with E-state index in [9.17, 15) is 19.1 Å². The quantitative estimate of drug-likeness (QED) is 0.304. The zero-order valence-electron chi connectivity index (χ0n) is 22.3. The molecule has 5 aromatic rings. The number of rotatable bonds is 5. The highest BCUT2D eigenvalue weighted by Gasteiger charge is 2.30. The molecule has 1 saturated heterocycles. The Kier molecular flexibility index (Phi) is 5.95. The standard InChI is InChI=1S/C28H27F2N7O3/c1-31-19-8-18(29)22(30)20-21-24(37-6-5-14(11-37)35(2)3)16(10-32-26(21)34-23(19)20)13-7-15-25(38)17(28(39)40)12-36(4)27(15)33-9-13/h7-10,12,14,31H,5-6,11H2,1-4H3,(H,32,34)(H,39,40)/t14-/m0/s1. The molecule has 1 aliphatic heterocycles. The van der Waals surface area contributed by atoms with Gasteiger partial charge in [-0.1, -0.05) is 0 Å². The summed E-state index contributed by atoms with van der Waals surface area (Å²) in [4.78, 5) is 41.3. The molecule has 3 N–H and O–H groups in total. The van der Waals surface area contributed by atoms with Crippen molar-refractivity contribution in [2.24, 2.45) is 7.05 Å². The molecule has 10 nitrogen and oxygen atoms in total. The molecular weight excluding hydrogens is 520 g/mol. The Morgan fingerprint density at radius 2 is 1.98 bits per heavy atom. The van der Waals surface area contributed by atoms with Crippen LogP contribution in [0.25, 0.3) is 44.1 Å². The van der Waals surface area contributed by atoms with Crippen LogP contribution in [0.4, 0.5) is 20.2 Å². The lowest BCUT2D eigenvalue weighted by Crippen LogP contribution is -2.31. The number of hydrogen-bond donors (Lipinski definition) is 3. The number of aryl methyl sites for hydroxylation is 1. The van der Waals surface area contributed by atoms with Crippen LogP contribution in [0.15, 0.2) is 35.5 Å². The summed E-state index contributed by atoms with van der Waals surface area (Å²) in [5, 5.41) is 13.1. The first kappa shape index (κ1) is 25.7. The van der Waals surface area contributed by atoms with Gasteiger partial charge in [0, 0.05) is 69.0 Å². The van der Waals surface area contributed by atoms with Crippen LogP contribution < -0.4 is 15.6 Å². The summed E-state index contributed by atoms with van der Waals surface area (Å²) in [6.07, 6.45) is 5.30. The molecule has 0 aliphatic carbocycles. The van der Waals surface area contributed by atoms with Gasteiger partial charge in [-0.25, -0.2) is 23.5 Å². The lowest BCUT2D eigenvalue weighted by molar-refractivity contribution is 0.0695. The maximum Gasteiger partial charge on any atom is 0.341 e. The van der Waals surface area contributed by atoms with E-state index in [0.29, 0.717) is 57.8 Å². The number of nitrogens with one attached hydrogen (secondary N) is 2. The number of likely N-dealkylation sites (N-methyl/N-ethyl adjacent to an activating group) is 1. The molecule has 1 atom stereocenters. The Labute approximate surface area is 226 Å². The molecule has 1 fully saturated rings. The number of nitrogens with zero attached hydrogens (tertiary/aromatic N) is 5. The van der Waals surface area contributed by atoms with Crippen molar-refractivity contribution in [1.29, 1.82) is 0 Å². The van der Waals surface area contributed by atoms with Gasteiger partial charge in [0.15, 0.2) is 11.6 Å². The van der Waals surface area contributed by atoms with E-state index in [1.807, 2.05) is 14.1 Å². The van der Waals surface area contributed by atoms with Crippen molar-refractivity contribution in [1.82, 2.24) is 24.4 Å². The number of fused-ring (bicyclic) bond motifs is 4. The molecule has 0 bridgehead atoms. The Morgan fingerprint density at radius 3 is 2.65 bits per heavy atom. The molecule has 12 heteroatoms. The van der Waals surface area contributed by atoms with Gasteiger partial charge in [0.2, 0.25) is 5.43 Å². The maximum absolute atomic E-state index is 15.5. The van der Waals surface area contributed by atoms with Crippen molar-refractivity contribution in [3.8, 4) is 11.1 Å². The highest BCUT2D eigenvalue weighted by Crippen LogP contribution is 2.44. The van der Waals surface area contributed by atoms with Crippen molar-refractivity contribution in [3.05, 3.63) is 58.1 Å². The molecule has 4 aromatic heterocycles. The van der Waals surface area contributed by atoms with E-state index in [1.165, 1.54) is 10.8 Å². The molecule has 0 unspecified atom stereocenters. The van der Waals surface area contributed by atoms with Gasteiger partial charge in [-0.05, 0) is 26.6 Å². The number of carboxylic acids is 1. The zero-order chi connectivity index (χ0) is 28.5. The largest absolute Gasteiger partial charge is 0.477 e. The van der Waals surface area contributed by atoms with E-state index in [0.717, 1.165) is 12.5 Å². The molecule has 206 valence electrons. The summed E-state index contributed by atoms with van der Waals surface area (Å²) in [7, 11) is 7.25. The minimum atomic E-state index is -1.33. The normalized spacial score (nSPS) is 15.7. The van der Waals surface area contributed by atoms with Crippen LogP contribution in [0.3, 0.4) is 0 Å². The number of pyridine rings is 3. The third-order valence-electron chi connectivity index (χ3n) is 7.80. The van der Waals surface area contributed by atoms with Crippen molar-refractivity contribution >= 4 is 50.3 Å². The number of H-pyrrole nitrogens is 1. The zero-order valence-corrected chi connectivity index (χ0v) is 22.3. The second-order valence-electron chi connectivity index (χ2n) is 10.3. The van der Waals surface area contributed by atoms with Gasteiger partial charge in [-0.2, -0.15) is 0 Å². The van der Waals surface area contributed by atoms with Crippen LogP contribution in [-0.4, -0.2) is 75.8 Å². The van der Waals surface area contributed by atoms with Crippen molar-refractivity contribution in [2.75, 3.05) is 44.4 Å². The fourth-order valence-electron chi connectivity index (χ4n) is 5.71. The van der Waals surface area contributed by atoms with Crippen molar-refractivity contribution in [2.45, 2.75) is 12.5 Å². The lowest BCUT2D eigenvalue weighted by Gasteiger charge is -2.25. The number of benzene rings is 1. The summed E-state index contributed by atoms with van der Waals surface area (Å²) in [5.41, 5.74) is 2.18. The smallest absolute Gasteiger partial charge is 0.341 e. The molecule has 1 aromatic carbocycles. The number of aromatic carboxylic acids is 1. The van der Waals surface area contributed by atoms with Gasteiger partial charge in [-0.3, -0.25) is 4.79 Å². The fourth-order valence-corrected chi connectivity index (χ4v) is 5.71. The average molecular weight is 548 g/mol. The number of carboxylic acid groups (broad SMARTS) is 1. The van der Waals surface area contributed by atoms with Gasteiger partial charge in [0.1, 0.15) is 16.9 Å². The number of hydrogen-bond acceptors (Lipinski definition) is 7. The predicted molar refractivity (Wildman–Crippen MR) is 150 cm³/mol. The van der Waals surface area contributed by atoms with E-state index in [1.54, 1.807) is 32.6 Å². The van der Waals surface area contributed by atoms with Gasteiger partial charge in [0.25, 0.3) is 0 Å². The van der Waals surface area contributed by atoms with Gasteiger partial charge in [-0.15, -0.1) is 0 Å². The van der Waals surface area contributed by atoms with Gasteiger partial charge >= 0.3 is 5.97 Å². The van der Waals surface area contributed by atoms with Crippen LogP contribution in [0, 0.1) is 11.6 Å². The number of anilines is 2. The van der Waals surface area contributed by atoms with Crippen LogP contribution in [0.5, 0.6) is 0 Å². The summed E-state index contributed by atoms with van der Waals surface area (Å²) in [6.45, 7) is 1.29. The molecule has 0 spiro atoms. The average Bonchev–Trinajstić information content (AvgIpc) is 3.58. The molecule has 0 amide bonds. The first-order chi connectivity index (χ1) is 19.1. The SMILES string of the molecule is CNc1cc(F)c(F)c2c1[nH]c1ncc(-c3cnc4c(c3)c(=O)c(C(=O)O)cn4C)c(N3CC[C@H](N(C)C)C3)c12. The highest BCUT2D eigenvalue weighted by atomic mass is 19.2. The van der Waals surface area contributed by atoms with Crippen LogP contribution >= 0.6 is 0 Å². The maximum atomic E-state index is 15.5. The number of halogens is 2. The third kappa shape index (κ3) is 3.78. The van der Waals surface area contributed by atoms with E-state index < -0.39 is 23.0 Å². The van der Waals surface area contributed by atoms with Crippen LogP contribution in [0.1, 0.15) is 16.8 Å². The molecule has 0 saturated carbocycles. The summed E-state index contributed by atoms with van der Waals surface area (Å²) in [6, 6.07) is 2.93. The van der Waals surface area contributed by atoms with Crippen LogP contribution in [0.2, 0.25) is 0 Å². The molecule has 0 radical (unpaired) electrons. The second-order valence-corrected chi connectivity index (χ2v) is 10.3. The third-order valence-corrected chi connectivity index (χ3v) is 7.80. The molecule has 5 heterocycles. The Hall–Kier alpha value is -4.58. The topological polar surface area (TPSA) is 119 Å². The van der Waals surface area contributed by atoms with Crippen molar-refractivity contribution < 1.29 is 18.7 Å². The Balaban J connectivity index is 1.70. The number of aromatic nitrogens is 4. The monoisotopic (exact) mass is 547 g/mol. The van der Waals surface area contributed by atoms with E-state index in [-0.39, 0.29) is 22.4 Å². The predicted octanol–water partition coefficient (Wildman–Crippen LogP) is 3.79. The van der Waals surface area contributed by atoms with E-state index in [4.69, 9.17) is 0 Å². The Bertz CT molecular complexity index is 1910. The minimum absolute atomic E-state index is 0.0785. The molecule has 40 heavy (non-hydrogen) atoms. The first-order valence-corrected chi connectivity index (χ1v) is 12.7. The molecule has 1 aliphatic rings. The van der Waals surface area contributed by atoms with E-state index in [2.05, 4.69) is 30.1 Å². The summed E-state index contributed by atoms with van der Waals surface area (Å²) in [5.74, 6) is -3.31. The second kappa shape index (κ2) is 9.26. The fraction of sp³-hybridized carbons (Fsp3) is 0.286. The van der Waals surface area contributed by atoms with E-state index >= 15 is 4.39 Å². The highest BCUT2D eigenvalue weighted by molar-refractivity contribution is 6.18.